The van der Waals surface area contributed by atoms with Gasteiger partial charge in [-0.05, 0) is 35.7 Å². The zero-order valence-corrected chi connectivity index (χ0v) is 16.7. The summed E-state index contributed by atoms with van der Waals surface area (Å²) in [5.74, 6) is 0.0154. The summed E-state index contributed by atoms with van der Waals surface area (Å²) in [5.41, 5.74) is 4.88. The molecule has 1 aromatic heterocycles. The lowest BCUT2D eigenvalue weighted by Crippen LogP contribution is -2.25. The Kier molecular flexibility index (Phi) is 4.41. The quantitative estimate of drug-likeness (QED) is 0.493. The molecule has 0 radical (unpaired) electrons. The number of nitrogens with one attached hydrogen (secondary N) is 1. The fraction of sp³-hybridized carbons (Fsp3) is 0.130. The monoisotopic (exact) mass is 402 g/mol. The van der Waals surface area contributed by atoms with Crippen molar-refractivity contribution in [1.82, 2.24) is 9.88 Å². The molecule has 1 saturated heterocycles. The topological polar surface area (TPSA) is 34.0 Å². The highest BCUT2D eigenvalue weighted by Gasteiger charge is 2.29. The third-order valence-electron chi connectivity index (χ3n) is 5.21. The van der Waals surface area contributed by atoms with E-state index in [9.17, 15) is 4.79 Å². The van der Waals surface area contributed by atoms with Crippen LogP contribution in [0.15, 0.2) is 72.8 Å². The van der Waals surface area contributed by atoms with Crippen molar-refractivity contribution in [3.05, 3.63) is 83.9 Å². The van der Waals surface area contributed by atoms with E-state index in [1.807, 2.05) is 6.07 Å². The number of para-hydroxylation sites is 1. The predicted octanol–water partition coefficient (Wildman–Crippen LogP) is 4.90. The number of thiocarbonyl (C=S) groups is 1. The molecule has 2 heterocycles. The van der Waals surface area contributed by atoms with Gasteiger partial charge in [-0.2, -0.15) is 0 Å². The van der Waals surface area contributed by atoms with Gasteiger partial charge in [0.15, 0.2) is 0 Å². The highest BCUT2D eigenvalue weighted by molar-refractivity contribution is 8.24. The molecule has 1 unspecified atom stereocenters. The van der Waals surface area contributed by atoms with E-state index in [0.717, 1.165) is 12.1 Å². The van der Waals surface area contributed by atoms with Gasteiger partial charge in [-0.3, -0.25) is 4.79 Å². The minimum atomic E-state index is -0.136. The molecule has 1 amide bonds. The first-order valence-corrected chi connectivity index (χ1v) is 10.5. The van der Waals surface area contributed by atoms with Gasteiger partial charge in [0.1, 0.15) is 4.32 Å². The van der Waals surface area contributed by atoms with Gasteiger partial charge >= 0.3 is 0 Å². The standard InChI is InChI=1S/C23H18N2OS2/c26-22-21(28-23(27)24-22)13-16-10-11-20-18(12-16)17-8-4-5-9-19(17)25(20)14-15-6-2-1-3-7-15/h1-12,21H,13-14H2,(H,24,26,27). The van der Waals surface area contributed by atoms with Gasteiger partial charge in [0, 0.05) is 28.4 Å². The van der Waals surface area contributed by atoms with E-state index in [-0.39, 0.29) is 11.2 Å². The molecular formula is C23H18N2OS2. The van der Waals surface area contributed by atoms with Crippen molar-refractivity contribution in [3.8, 4) is 0 Å². The Hall–Kier alpha value is -2.63. The number of rotatable bonds is 4. The fourth-order valence-corrected chi connectivity index (χ4v) is 5.21. The summed E-state index contributed by atoms with van der Waals surface area (Å²) in [4.78, 5) is 12.0. The van der Waals surface area contributed by atoms with Crippen molar-refractivity contribution in [3.63, 3.8) is 0 Å². The minimum absolute atomic E-state index is 0.0154. The zero-order chi connectivity index (χ0) is 19.1. The van der Waals surface area contributed by atoms with Gasteiger partial charge < -0.3 is 9.88 Å². The Morgan fingerprint density at radius 3 is 2.43 bits per heavy atom. The van der Waals surface area contributed by atoms with Crippen LogP contribution in [0.2, 0.25) is 0 Å². The van der Waals surface area contributed by atoms with Crippen LogP contribution in [0.3, 0.4) is 0 Å². The number of aromatic nitrogens is 1. The number of amides is 1. The average Bonchev–Trinajstić information content (AvgIpc) is 3.19. The number of carbonyl (C=O) groups excluding carboxylic acids is 1. The lowest BCUT2D eigenvalue weighted by molar-refractivity contribution is -0.118. The third kappa shape index (κ3) is 3.11. The number of hydrogen-bond acceptors (Lipinski definition) is 3. The number of fused-ring (bicyclic) bond motifs is 3. The van der Waals surface area contributed by atoms with Gasteiger partial charge in [-0.15, -0.1) is 0 Å². The molecule has 5 heteroatoms. The summed E-state index contributed by atoms with van der Waals surface area (Å²) >= 11 is 6.57. The van der Waals surface area contributed by atoms with Crippen LogP contribution >= 0.6 is 24.0 Å². The number of thioether (sulfide) groups is 1. The summed E-state index contributed by atoms with van der Waals surface area (Å²) < 4.78 is 2.95. The van der Waals surface area contributed by atoms with E-state index in [4.69, 9.17) is 12.2 Å². The van der Waals surface area contributed by atoms with E-state index in [1.54, 1.807) is 0 Å². The van der Waals surface area contributed by atoms with E-state index in [1.165, 1.54) is 39.1 Å². The van der Waals surface area contributed by atoms with Gasteiger partial charge in [-0.1, -0.05) is 78.6 Å². The second-order valence-corrected chi connectivity index (χ2v) is 8.91. The first-order chi connectivity index (χ1) is 13.7. The molecule has 4 aromatic rings. The van der Waals surface area contributed by atoms with Crippen LogP contribution in [0.25, 0.3) is 21.8 Å². The van der Waals surface area contributed by atoms with Gasteiger partial charge in [0.2, 0.25) is 5.91 Å². The van der Waals surface area contributed by atoms with Crippen LogP contribution in [0.1, 0.15) is 11.1 Å². The SMILES string of the molecule is O=C1NC(=S)SC1Cc1ccc2c(c1)c1ccccc1n2Cc1ccccc1. The van der Waals surface area contributed by atoms with E-state index in [2.05, 4.69) is 76.6 Å². The Balaban J connectivity index is 1.59. The first-order valence-electron chi connectivity index (χ1n) is 9.24. The van der Waals surface area contributed by atoms with Crippen LogP contribution in [-0.4, -0.2) is 20.0 Å². The molecule has 138 valence electrons. The largest absolute Gasteiger partial charge is 0.336 e. The van der Waals surface area contributed by atoms with Crippen molar-refractivity contribution < 1.29 is 4.79 Å². The Morgan fingerprint density at radius 2 is 1.64 bits per heavy atom. The van der Waals surface area contributed by atoms with E-state index in [0.29, 0.717) is 10.7 Å². The summed E-state index contributed by atoms with van der Waals surface area (Å²) in [5, 5.41) is 5.08. The van der Waals surface area contributed by atoms with Crippen LogP contribution in [0.4, 0.5) is 0 Å². The number of benzene rings is 3. The average molecular weight is 403 g/mol. The highest BCUT2D eigenvalue weighted by atomic mass is 32.2. The molecule has 5 rings (SSSR count). The predicted molar refractivity (Wildman–Crippen MR) is 121 cm³/mol. The van der Waals surface area contributed by atoms with Crippen LogP contribution < -0.4 is 5.32 Å². The van der Waals surface area contributed by atoms with Crippen molar-refractivity contribution in [2.75, 3.05) is 0 Å². The molecule has 0 saturated carbocycles. The molecule has 1 fully saturated rings. The van der Waals surface area contributed by atoms with Crippen molar-refractivity contribution in [1.29, 1.82) is 0 Å². The van der Waals surface area contributed by atoms with Gasteiger partial charge in [-0.25, -0.2) is 0 Å². The zero-order valence-electron chi connectivity index (χ0n) is 15.1. The molecule has 0 spiro atoms. The van der Waals surface area contributed by atoms with E-state index >= 15 is 0 Å². The minimum Gasteiger partial charge on any atom is -0.336 e. The summed E-state index contributed by atoms with van der Waals surface area (Å²) in [7, 11) is 0. The van der Waals surface area contributed by atoms with Crippen molar-refractivity contribution >= 4 is 56.0 Å². The Labute approximate surface area is 172 Å². The summed E-state index contributed by atoms with van der Waals surface area (Å²) in [6.07, 6.45) is 0.685. The molecule has 3 aromatic carbocycles. The Morgan fingerprint density at radius 1 is 0.893 bits per heavy atom. The summed E-state index contributed by atoms with van der Waals surface area (Å²) in [6.45, 7) is 0.833. The smallest absolute Gasteiger partial charge is 0.239 e. The first kappa shape index (κ1) is 17.5. The van der Waals surface area contributed by atoms with Crippen LogP contribution in [0, 0.1) is 0 Å². The molecule has 3 nitrogen and oxygen atoms in total. The number of hydrogen-bond donors (Lipinski definition) is 1. The highest BCUT2D eigenvalue weighted by Crippen LogP contribution is 2.32. The normalized spacial score (nSPS) is 16.8. The number of nitrogens with zero attached hydrogens (tertiary/aromatic N) is 1. The molecule has 0 bridgehead atoms. The maximum Gasteiger partial charge on any atom is 0.239 e. The van der Waals surface area contributed by atoms with Crippen molar-refractivity contribution in [2.24, 2.45) is 0 Å². The summed E-state index contributed by atoms with van der Waals surface area (Å²) in [6, 6.07) is 25.6. The maximum atomic E-state index is 12.0. The molecule has 28 heavy (non-hydrogen) atoms. The molecule has 1 N–H and O–H groups in total. The lowest BCUT2D eigenvalue weighted by atomic mass is 10.1. The van der Waals surface area contributed by atoms with Crippen LogP contribution in [0.5, 0.6) is 0 Å². The van der Waals surface area contributed by atoms with Gasteiger partial charge in [0.05, 0.1) is 5.25 Å². The molecular weight excluding hydrogens is 384 g/mol. The molecule has 0 aliphatic carbocycles. The number of carbonyl (C=O) groups is 1. The lowest BCUT2D eigenvalue weighted by Gasteiger charge is -2.09. The maximum absolute atomic E-state index is 12.0. The second-order valence-electron chi connectivity index (χ2n) is 7.03. The third-order valence-corrected chi connectivity index (χ3v) is 6.58. The Bertz CT molecular complexity index is 1210. The fourth-order valence-electron chi connectivity index (χ4n) is 3.91. The van der Waals surface area contributed by atoms with Crippen LogP contribution in [-0.2, 0) is 17.8 Å². The van der Waals surface area contributed by atoms with Gasteiger partial charge in [0.25, 0.3) is 0 Å². The molecule has 1 aliphatic heterocycles. The second kappa shape index (κ2) is 7.08. The van der Waals surface area contributed by atoms with E-state index < -0.39 is 0 Å². The molecule has 1 atom stereocenters. The van der Waals surface area contributed by atoms with Crippen molar-refractivity contribution in [2.45, 2.75) is 18.2 Å². The molecule has 1 aliphatic rings.